The van der Waals surface area contributed by atoms with Crippen LogP contribution in [0.2, 0.25) is 0 Å². The van der Waals surface area contributed by atoms with E-state index in [0.717, 1.165) is 28.7 Å². The van der Waals surface area contributed by atoms with Crippen molar-refractivity contribution >= 4 is 39.1 Å². The molecule has 0 spiro atoms. The van der Waals surface area contributed by atoms with Gasteiger partial charge in [0.1, 0.15) is 5.75 Å². The first-order valence-electron chi connectivity index (χ1n) is 9.44. The number of rotatable bonds is 6. The summed E-state index contributed by atoms with van der Waals surface area (Å²) in [4.78, 5) is 24.3. The molecule has 0 bridgehead atoms. The summed E-state index contributed by atoms with van der Waals surface area (Å²) in [5.41, 5.74) is 3.05. The van der Waals surface area contributed by atoms with Crippen molar-refractivity contribution in [3.8, 4) is 11.4 Å². The molecule has 2 N–H and O–H groups in total. The van der Waals surface area contributed by atoms with Gasteiger partial charge in [0.2, 0.25) is 5.91 Å². The molecule has 1 heterocycles. The zero-order chi connectivity index (χ0) is 21.3. The first kappa shape index (κ1) is 20.1. The summed E-state index contributed by atoms with van der Waals surface area (Å²) in [6, 6.07) is 12.7. The van der Waals surface area contributed by atoms with Crippen molar-refractivity contribution in [3.05, 3.63) is 58.3 Å². The van der Waals surface area contributed by atoms with Crippen LogP contribution in [0.15, 0.2) is 46.9 Å². The Labute approximate surface area is 181 Å². The SMILES string of the molecule is COc1cc(NC(=O)c2nnn(-c3ccc(Br)cc3)c2C2CC2)ccc1NC(C)=O. The van der Waals surface area contributed by atoms with E-state index >= 15 is 0 Å². The third kappa shape index (κ3) is 4.20. The molecule has 1 aromatic heterocycles. The number of nitrogens with zero attached hydrogens (tertiary/aromatic N) is 3. The van der Waals surface area contributed by atoms with Crippen LogP contribution in [0.4, 0.5) is 11.4 Å². The minimum Gasteiger partial charge on any atom is -0.494 e. The van der Waals surface area contributed by atoms with Gasteiger partial charge >= 0.3 is 0 Å². The van der Waals surface area contributed by atoms with Gasteiger partial charge in [-0.1, -0.05) is 21.1 Å². The molecule has 8 nitrogen and oxygen atoms in total. The van der Waals surface area contributed by atoms with Crippen molar-refractivity contribution in [2.75, 3.05) is 17.7 Å². The second-order valence-corrected chi connectivity index (χ2v) is 7.95. The smallest absolute Gasteiger partial charge is 0.278 e. The molecule has 3 aromatic rings. The van der Waals surface area contributed by atoms with Crippen LogP contribution in [0, 0.1) is 0 Å². The maximum atomic E-state index is 13.0. The maximum absolute atomic E-state index is 13.0. The maximum Gasteiger partial charge on any atom is 0.278 e. The number of carbonyl (C=O) groups is 2. The van der Waals surface area contributed by atoms with Crippen LogP contribution < -0.4 is 15.4 Å². The van der Waals surface area contributed by atoms with Crippen molar-refractivity contribution in [3.63, 3.8) is 0 Å². The fourth-order valence-corrected chi connectivity index (χ4v) is 3.46. The molecule has 0 atom stereocenters. The van der Waals surface area contributed by atoms with Gasteiger partial charge in [-0.25, -0.2) is 4.68 Å². The summed E-state index contributed by atoms with van der Waals surface area (Å²) in [6.45, 7) is 1.42. The van der Waals surface area contributed by atoms with Crippen LogP contribution in [0.3, 0.4) is 0 Å². The second kappa shape index (κ2) is 8.27. The van der Waals surface area contributed by atoms with Gasteiger partial charge in [0, 0.05) is 29.1 Å². The molecule has 154 valence electrons. The van der Waals surface area contributed by atoms with Gasteiger partial charge < -0.3 is 15.4 Å². The first-order valence-corrected chi connectivity index (χ1v) is 10.2. The number of methoxy groups -OCH3 is 1. The number of hydrogen-bond donors (Lipinski definition) is 2. The van der Waals surface area contributed by atoms with E-state index in [-0.39, 0.29) is 17.7 Å². The fraction of sp³-hybridized carbons (Fsp3) is 0.238. The van der Waals surface area contributed by atoms with Crippen LogP contribution in [0.1, 0.15) is 41.9 Å². The molecule has 0 aliphatic heterocycles. The van der Waals surface area contributed by atoms with Crippen LogP contribution in [0.25, 0.3) is 5.69 Å². The normalized spacial score (nSPS) is 13.0. The number of ether oxygens (including phenoxy) is 1. The van der Waals surface area contributed by atoms with Gasteiger partial charge in [0.25, 0.3) is 5.91 Å². The van der Waals surface area contributed by atoms with Crippen molar-refractivity contribution < 1.29 is 14.3 Å². The highest BCUT2D eigenvalue weighted by atomic mass is 79.9. The Hall–Kier alpha value is -3.20. The molecule has 1 fully saturated rings. The summed E-state index contributed by atoms with van der Waals surface area (Å²) in [7, 11) is 1.50. The molecule has 4 rings (SSSR count). The molecular formula is C21H20BrN5O3. The number of amides is 2. The van der Waals surface area contributed by atoms with E-state index in [4.69, 9.17) is 4.74 Å². The summed E-state index contributed by atoms with van der Waals surface area (Å²) >= 11 is 3.43. The molecule has 2 amide bonds. The number of hydrogen-bond acceptors (Lipinski definition) is 5. The van der Waals surface area contributed by atoms with Gasteiger partial charge in [-0.05, 0) is 49.2 Å². The lowest BCUT2D eigenvalue weighted by atomic mass is 10.2. The summed E-state index contributed by atoms with van der Waals surface area (Å²) in [6.07, 6.45) is 2.01. The van der Waals surface area contributed by atoms with E-state index in [9.17, 15) is 9.59 Å². The van der Waals surface area contributed by atoms with Crippen molar-refractivity contribution in [1.29, 1.82) is 0 Å². The predicted molar refractivity (Wildman–Crippen MR) is 116 cm³/mol. The molecule has 0 saturated heterocycles. The fourth-order valence-electron chi connectivity index (χ4n) is 3.20. The third-order valence-corrected chi connectivity index (χ3v) is 5.25. The summed E-state index contributed by atoms with van der Waals surface area (Å²) in [5.74, 6) is 0.170. The zero-order valence-corrected chi connectivity index (χ0v) is 18.1. The first-order chi connectivity index (χ1) is 14.5. The molecule has 9 heteroatoms. The lowest BCUT2D eigenvalue weighted by Gasteiger charge is -2.12. The third-order valence-electron chi connectivity index (χ3n) is 4.73. The highest BCUT2D eigenvalue weighted by Crippen LogP contribution is 2.42. The van der Waals surface area contributed by atoms with Gasteiger partial charge in [-0.2, -0.15) is 0 Å². The minimum atomic E-state index is -0.338. The van der Waals surface area contributed by atoms with Crippen molar-refractivity contribution in [2.45, 2.75) is 25.7 Å². The van der Waals surface area contributed by atoms with Crippen LogP contribution in [-0.4, -0.2) is 33.9 Å². The lowest BCUT2D eigenvalue weighted by Crippen LogP contribution is -2.15. The molecule has 1 saturated carbocycles. The number of aromatic nitrogens is 3. The van der Waals surface area contributed by atoms with E-state index in [1.165, 1.54) is 14.0 Å². The Morgan fingerprint density at radius 2 is 1.87 bits per heavy atom. The average molecular weight is 470 g/mol. The predicted octanol–water partition coefficient (Wildman–Crippen LogP) is 4.13. The monoisotopic (exact) mass is 469 g/mol. The molecule has 1 aliphatic rings. The van der Waals surface area contributed by atoms with Gasteiger partial charge in [0.05, 0.1) is 24.2 Å². The number of anilines is 2. The molecule has 2 aromatic carbocycles. The standard InChI is InChI=1S/C21H20BrN5O3/c1-12(28)23-17-10-7-15(11-18(17)30-2)24-21(29)19-20(13-3-4-13)27(26-25-19)16-8-5-14(22)6-9-16/h5-11,13H,3-4H2,1-2H3,(H,23,28)(H,24,29). The largest absolute Gasteiger partial charge is 0.494 e. The Kier molecular flexibility index (Phi) is 5.54. The number of benzene rings is 2. The van der Waals surface area contributed by atoms with Gasteiger partial charge in [-0.15, -0.1) is 5.10 Å². The van der Waals surface area contributed by atoms with Crippen molar-refractivity contribution in [1.82, 2.24) is 15.0 Å². The molecule has 0 radical (unpaired) electrons. The number of carbonyl (C=O) groups excluding carboxylic acids is 2. The second-order valence-electron chi connectivity index (χ2n) is 7.04. The average Bonchev–Trinajstić information content (AvgIpc) is 3.47. The quantitative estimate of drug-likeness (QED) is 0.565. The summed E-state index contributed by atoms with van der Waals surface area (Å²) in [5, 5.41) is 14.0. The summed E-state index contributed by atoms with van der Waals surface area (Å²) < 4.78 is 8.02. The molecule has 1 aliphatic carbocycles. The molecule has 0 unspecified atom stereocenters. The number of nitrogens with one attached hydrogen (secondary N) is 2. The van der Waals surface area contributed by atoms with Crippen molar-refractivity contribution in [2.24, 2.45) is 0 Å². The van der Waals surface area contributed by atoms with Gasteiger partial charge in [-0.3, -0.25) is 9.59 Å². The minimum absolute atomic E-state index is 0.205. The Balaban J connectivity index is 1.61. The van der Waals surface area contributed by atoms with E-state index in [1.807, 2.05) is 24.3 Å². The van der Waals surface area contributed by atoms with Crippen LogP contribution >= 0.6 is 15.9 Å². The zero-order valence-electron chi connectivity index (χ0n) is 16.5. The van der Waals surface area contributed by atoms with E-state index in [2.05, 4.69) is 36.9 Å². The topological polar surface area (TPSA) is 98.1 Å². The number of halogens is 1. The van der Waals surface area contributed by atoms with E-state index < -0.39 is 0 Å². The molecular weight excluding hydrogens is 450 g/mol. The Bertz CT molecular complexity index is 1110. The Morgan fingerprint density at radius 3 is 2.50 bits per heavy atom. The van der Waals surface area contributed by atoms with Crippen LogP contribution in [0.5, 0.6) is 5.75 Å². The van der Waals surface area contributed by atoms with E-state index in [1.54, 1.807) is 22.9 Å². The highest BCUT2D eigenvalue weighted by molar-refractivity contribution is 9.10. The van der Waals surface area contributed by atoms with Gasteiger partial charge in [0.15, 0.2) is 5.69 Å². The molecule has 30 heavy (non-hydrogen) atoms. The lowest BCUT2D eigenvalue weighted by molar-refractivity contribution is -0.114. The van der Waals surface area contributed by atoms with E-state index in [0.29, 0.717) is 22.8 Å². The van der Waals surface area contributed by atoms with Crippen LogP contribution in [-0.2, 0) is 4.79 Å². The highest BCUT2D eigenvalue weighted by Gasteiger charge is 2.34. The Morgan fingerprint density at radius 1 is 1.13 bits per heavy atom.